The minimum atomic E-state index is -4.84. The summed E-state index contributed by atoms with van der Waals surface area (Å²) in [6.45, 7) is 10.5. The van der Waals surface area contributed by atoms with E-state index >= 15 is 0 Å². The summed E-state index contributed by atoms with van der Waals surface area (Å²) in [6.07, 6.45) is -3.23. The van der Waals surface area contributed by atoms with E-state index in [0.717, 1.165) is 17.4 Å². The second-order valence-electron chi connectivity index (χ2n) is 7.30. The van der Waals surface area contributed by atoms with Gasteiger partial charge in [-0.1, -0.05) is 44.7 Å². The second-order valence-corrected chi connectivity index (χ2v) is 7.30. The van der Waals surface area contributed by atoms with Crippen LogP contribution < -0.4 is 15.4 Å². The first-order chi connectivity index (χ1) is 15.7. The third kappa shape index (κ3) is 6.21. The molecule has 1 heterocycles. The number of benzene rings is 2. The van der Waals surface area contributed by atoms with E-state index in [9.17, 15) is 13.2 Å². The molecule has 2 N–H and O–H groups in total. The molecule has 3 rings (SSSR count). The van der Waals surface area contributed by atoms with Gasteiger partial charge in [-0.25, -0.2) is 9.97 Å². The van der Waals surface area contributed by atoms with Gasteiger partial charge in [-0.15, -0.1) is 13.2 Å². The van der Waals surface area contributed by atoms with Crippen molar-refractivity contribution in [3.05, 3.63) is 60.4 Å². The van der Waals surface area contributed by atoms with Crippen LogP contribution in [-0.4, -0.2) is 28.7 Å². The molecule has 0 aliphatic heterocycles. The van der Waals surface area contributed by atoms with Crippen LogP contribution in [0.1, 0.15) is 32.8 Å². The molecular weight excluding hydrogens is 431 g/mol. The minimum absolute atomic E-state index is 0.106. The topological polar surface area (TPSA) is 71.4 Å². The lowest BCUT2D eigenvalue weighted by atomic mass is 10.1. The Morgan fingerprint density at radius 2 is 1.85 bits per heavy atom. The number of anilines is 1. The molecule has 9 heteroatoms. The summed E-state index contributed by atoms with van der Waals surface area (Å²) in [5.74, 6) is 1.26. The van der Waals surface area contributed by atoms with Crippen LogP contribution in [0.5, 0.6) is 5.75 Å². The highest BCUT2D eigenvalue weighted by molar-refractivity contribution is 5.94. The van der Waals surface area contributed by atoms with E-state index in [1.807, 2.05) is 39.0 Å². The zero-order valence-corrected chi connectivity index (χ0v) is 18.8. The third-order valence-corrected chi connectivity index (χ3v) is 4.72. The number of aliphatic imine (C=N–C) groups is 1. The van der Waals surface area contributed by atoms with E-state index in [0.29, 0.717) is 36.0 Å². The molecule has 174 valence electrons. The van der Waals surface area contributed by atoms with Gasteiger partial charge in [0.2, 0.25) is 0 Å². The fourth-order valence-electron chi connectivity index (χ4n) is 3.29. The van der Waals surface area contributed by atoms with Gasteiger partial charge in [-0.2, -0.15) is 0 Å². The number of nitrogens with one attached hydrogen (secondary N) is 2. The molecule has 6 nitrogen and oxygen atoms in total. The summed E-state index contributed by atoms with van der Waals surface area (Å²) < 4.78 is 43.1. The summed E-state index contributed by atoms with van der Waals surface area (Å²) >= 11 is 0. The number of hydrogen-bond donors (Lipinski definition) is 2. The summed E-state index contributed by atoms with van der Waals surface area (Å²) in [7, 11) is 0. The van der Waals surface area contributed by atoms with E-state index in [4.69, 9.17) is 0 Å². The normalized spacial score (nSPS) is 12.0. The van der Waals surface area contributed by atoms with Crippen LogP contribution in [0.3, 0.4) is 0 Å². The number of halogens is 3. The average Bonchev–Trinajstić information content (AvgIpc) is 2.76. The molecule has 1 aromatic heterocycles. The third-order valence-electron chi connectivity index (χ3n) is 4.72. The van der Waals surface area contributed by atoms with Gasteiger partial charge in [-0.3, -0.25) is 4.99 Å². The van der Waals surface area contributed by atoms with Crippen LogP contribution in [0.2, 0.25) is 0 Å². The van der Waals surface area contributed by atoms with Crippen molar-refractivity contribution in [2.24, 2.45) is 4.99 Å². The lowest BCUT2D eigenvalue weighted by Crippen LogP contribution is -2.24. The highest BCUT2D eigenvalue weighted by Gasteiger charge is 2.32. The molecular formula is C24H26F3N5O. The summed E-state index contributed by atoms with van der Waals surface area (Å²) in [4.78, 5) is 13.5. The molecule has 0 bridgehead atoms. The molecule has 0 aliphatic rings. The van der Waals surface area contributed by atoms with E-state index in [2.05, 4.69) is 36.9 Å². The van der Waals surface area contributed by atoms with Crippen molar-refractivity contribution in [3.8, 4) is 17.1 Å². The minimum Gasteiger partial charge on any atom is -0.405 e. The molecule has 0 unspecified atom stereocenters. The van der Waals surface area contributed by atoms with Crippen LogP contribution in [-0.2, 0) is 6.42 Å². The van der Waals surface area contributed by atoms with E-state index in [1.165, 1.54) is 18.2 Å². The van der Waals surface area contributed by atoms with Crippen LogP contribution >= 0.6 is 0 Å². The second kappa shape index (κ2) is 10.3. The van der Waals surface area contributed by atoms with Crippen LogP contribution in [0.15, 0.2) is 59.9 Å². The molecule has 0 radical (unpaired) electrons. The number of para-hydroxylation sites is 2. The van der Waals surface area contributed by atoms with Crippen molar-refractivity contribution in [2.45, 2.75) is 40.0 Å². The monoisotopic (exact) mass is 457 g/mol. The van der Waals surface area contributed by atoms with Crippen LogP contribution in [0, 0.1) is 0 Å². The SMILES string of the molecule is C=C(NC(C)=NCCC)Nc1nc(-c2ccccc2OC(F)(F)F)nc2c(CC)cccc12. The molecule has 0 spiro atoms. The highest BCUT2D eigenvalue weighted by Crippen LogP contribution is 2.34. The number of amidine groups is 1. The molecule has 0 amide bonds. The number of aryl methyl sites for hydroxylation is 1. The smallest absolute Gasteiger partial charge is 0.405 e. The number of fused-ring (bicyclic) bond motifs is 1. The Morgan fingerprint density at radius 3 is 2.55 bits per heavy atom. The van der Waals surface area contributed by atoms with Gasteiger partial charge < -0.3 is 15.4 Å². The Balaban J connectivity index is 2.09. The standard InChI is InChI=1S/C24H26F3N5O/c1-5-14-28-15(3)29-16(4)30-23-19-12-9-10-17(6-2)21(19)31-22(32-23)18-11-7-8-13-20(18)33-24(25,26)27/h7-13H,4-6,14H2,1-3H3,(H,28,29)(H,30,31,32). The van der Waals surface area contributed by atoms with Crippen molar-refractivity contribution >= 4 is 22.6 Å². The largest absolute Gasteiger partial charge is 0.573 e. The van der Waals surface area contributed by atoms with Crippen molar-refractivity contribution in [1.29, 1.82) is 0 Å². The lowest BCUT2D eigenvalue weighted by molar-refractivity contribution is -0.274. The Hall–Kier alpha value is -3.62. The Morgan fingerprint density at radius 1 is 1.09 bits per heavy atom. The number of alkyl halides is 3. The van der Waals surface area contributed by atoms with Gasteiger partial charge in [0.25, 0.3) is 0 Å². The lowest BCUT2D eigenvalue weighted by Gasteiger charge is -2.17. The number of aromatic nitrogens is 2. The predicted molar refractivity (Wildman–Crippen MR) is 125 cm³/mol. The van der Waals surface area contributed by atoms with Gasteiger partial charge >= 0.3 is 6.36 Å². The molecule has 33 heavy (non-hydrogen) atoms. The van der Waals surface area contributed by atoms with Crippen molar-refractivity contribution in [3.63, 3.8) is 0 Å². The van der Waals surface area contributed by atoms with E-state index in [1.54, 1.807) is 6.07 Å². The molecule has 0 aliphatic carbocycles. The van der Waals surface area contributed by atoms with Gasteiger partial charge in [0.05, 0.1) is 16.9 Å². The van der Waals surface area contributed by atoms with Crippen LogP contribution in [0.25, 0.3) is 22.3 Å². The quantitative estimate of drug-likeness (QED) is 0.318. The first-order valence-electron chi connectivity index (χ1n) is 10.6. The molecule has 0 atom stereocenters. The van der Waals surface area contributed by atoms with Gasteiger partial charge in [0, 0.05) is 11.9 Å². The zero-order valence-electron chi connectivity index (χ0n) is 18.8. The van der Waals surface area contributed by atoms with Crippen molar-refractivity contribution in [2.75, 3.05) is 11.9 Å². The van der Waals surface area contributed by atoms with Gasteiger partial charge in [-0.05, 0) is 43.5 Å². The number of ether oxygens (including phenoxy) is 1. The molecule has 0 fully saturated rings. The molecule has 0 saturated carbocycles. The molecule has 3 aromatic rings. The summed E-state index contributed by atoms with van der Waals surface area (Å²) in [5.41, 5.74) is 1.70. The number of hydrogen-bond acceptors (Lipinski definition) is 5. The zero-order chi connectivity index (χ0) is 24.0. The van der Waals surface area contributed by atoms with Gasteiger partial charge in [0.15, 0.2) is 5.82 Å². The fraction of sp³-hybridized carbons (Fsp3) is 0.292. The Bertz CT molecular complexity index is 1170. The van der Waals surface area contributed by atoms with Crippen LogP contribution in [0.4, 0.5) is 19.0 Å². The molecule has 2 aromatic carbocycles. The summed E-state index contributed by atoms with van der Waals surface area (Å²) in [6, 6.07) is 11.5. The first kappa shape index (κ1) is 24.0. The van der Waals surface area contributed by atoms with Crippen molar-refractivity contribution in [1.82, 2.24) is 15.3 Å². The fourth-order valence-corrected chi connectivity index (χ4v) is 3.29. The summed E-state index contributed by atoms with van der Waals surface area (Å²) in [5, 5.41) is 6.91. The molecule has 0 saturated heterocycles. The maximum absolute atomic E-state index is 13.0. The van der Waals surface area contributed by atoms with Gasteiger partial charge in [0.1, 0.15) is 17.4 Å². The van der Waals surface area contributed by atoms with E-state index < -0.39 is 6.36 Å². The predicted octanol–water partition coefficient (Wildman–Crippen LogP) is 6.06. The first-order valence-corrected chi connectivity index (χ1v) is 10.6. The van der Waals surface area contributed by atoms with Crippen molar-refractivity contribution < 1.29 is 17.9 Å². The highest BCUT2D eigenvalue weighted by atomic mass is 19.4. The Kier molecular flexibility index (Phi) is 7.52. The van der Waals surface area contributed by atoms with E-state index in [-0.39, 0.29) is 17.1 Å². The maximum Gasteiger partial charge on any atom is 0.573 e. The average molecular weight is 458 g/mol. The maximum atomic E-state index is 13.0. The number of nitrogens with zero attached hydrogens (tertiary/aromatic N) is 3. The Labute approximate surface area is 190 Å². The number of rotatable bonds is 8.